The lowest BCUT2D eigenvalue weighted by atomic mass is 10.1. The van der Waals surface area contributed by atoms with E-state index < -0.39 is 5.25 Å². The van der Waals surface area contributed by atoms with Gasteiger partial charge in [-0.25, -0.2) is 4.99 Å². The van der Waals surface area contributed by atoms with E-state index in [0.29, 0.717) is 17.4 Å². The van der Waals surface area contributed by atoms with Crippen molar-refractivity contribution in [1.82, 2.24) is 4.90 Å². The molecule has 2 aliphatic heterocycles. The first kappa shape index (κ1) is 23.0. The first-order chi connectivity index (χ1) is 15.4. The highest BCUT2D eigenvalue weighted by molar-refractivity contribution is 9.10. The lowest BCUT2D eigenvalue weighted by Crippen LogP contribution is -2.38. The van der Waals surface area contributed by atoms with Crippen LogP contribution in [0.5, 0.6) is 0 Å². The van der Waals surface area contributed by atoms with E-state index in [4.69, 9.17) is 9.73 Å². The largest absolute Gasteiger partial charge is 0.376 e. The van der Waals surface area contributed by atoms with Crippen LogP contribution in [0.4, 0.5) is 11.4 Å². The molecule has 2 atom stereocenters. The van der Waals surface area contributed by atoms with E-state index >= 15 is 0 Å². The highest BCUT2D eigenvalue weighted by Gasteiger charge is 2.40. The minimum atomic E-state index is -0.503. The fourth-order valence-corrected chi connectivity index (χ4v) is 5.14. The maximum Gasteiger partial charge on any atom is 0.242 e. The molecule has 0 bridgehead atoms. The molecular weight excluding hydrogens is 490 g/mol. The molecular formula is C24H26BrN3O3S. The van der Waals surface area contributed by atoms with Gasteiger partial charge in [0.05, 0.1) is 18.3 Å². The zero-order valence-corrected chi connectivity index (χ0v) is 20.5. The molecule has 4 rings (SSSR count). The average molecular weight is 516 g/mol. The molecule has 2 aromatic rings. The Kier molecular flexibility index (Phi) is 7.33. The zero-order valence-electron chi connectivity index (χ0n) is 18.1. The molecule has 8 heteroatoms. The molecule has 2 saturated heterocycles. The fraction of sp³-hybridized carbons (Fsp3) is 0.375. The molecule has 0 aliphatic carbocycles. The number of anilines is 1. The van der Waals surface area contributed by atoms with Crippen LogP contribution in [0.2, 0.25) is 0 Å². The van der Waals surface area contributed by atoms with Gasteiger partial charge in [0.2, 0.25) is 11.8 Å². The number of aliphatic imine (C=N–C) groups is 1. The summed E-state index contributed by atoms with van der Waals surface area (Å²) in [5.74, 6) is -0.276. The number of nitrogens with zero attached hydrogens (tertiary/aromatic N) is 2. The van der Waals surface area contributed by atoms with Crippen LogP contribution >= 0.6 is 27.7 Å². The number of ether oxygens (including phenoxy) is 1. The smallest absolute Gasteiger partial charge is 0.242 e. The van der Waals surface area contributed by atoms with E-state index in [9.17, 15) is 9.59 Å². The van der Waals surface area contributed by atoms with Crippen molar-refractivity contribution in [1.29, 1.82) is 0 Å². The predicted molar refractivity (Wildman–Crippen MR) is 132 cm³/mol. The van der Waals surface area contributed by atoms with Gasteiger partial charge in [-0.3, -0.25) is 14.5 Å². The summed E-state index contributed by atoms with van der Waals surface area (Å²) in [5.41, 5.74) is 3.86. The van der Waals surface area contributed by atoms with Crippen LogP contribution in [0.15, 0.2) is 51.9 Å². The Labute approximate surface area is 200 Å². The molecule has 0 saturated carbocycles. The molecule has 2 fully saturated rings. The molecule has 2 amide bonds. The SMILES string of the molecule is Cc1ccc(N=C2S[C@@H](CC(=O)Nc3ccc(Br)cc3)C(=O)N2C[C@@H]2CCCO2)cc1C. The van der Waals surface area contributed by atoms with Gasteiger partial charge in [0.1, 0.15) is 5.25 Å². The Morgan fingerprint density at radius 1 is 1.22 bits per heavy atom. The summed E-state index contributed by atoms with van der Waals surface area (Å²) >= 11 is 4.74. The van der Waals surface area contributed by atoms with Gasteiger partial charge >= 0.3 is 0 Å². The quantitative estimate of drug-likeness (QED) is 0.573. The lowest BCUT2D eigenvalue weighted by molar-refractivity contribution is -0.129. The number of nitrogens with one attached hydrogen (secondary N) is 1. The summed E-state index contributed by atoms with van der Waals surface area (Å²) in [6, 6.07) is 13.4. The van der Waals surface area contributed by atoms with Crippen LogP contribution in [-0.2, 0) is 14.3 Å². The molecule has 0 unspecified atom stereocenters. The van der Waals surface area contributed by atoms with E-state index in [2.05, 4.69) is 28.2 Å². The van der Waals surface area contributed by atoms with Crippen LogP contribution in [0, 0.1) is 13.8 Å². The molecule has 0 radical (unpaired) electrons. The van der Waals surface area contributed by atoms with Crippen LogP contribution in [0.25, 0.3) is 0 Å². The van der Waals surface area contributed by atoms with Crippen molar-refractivity contribution >= 4 is 56.0 Å². The van der Waals surface area contributed by atoms with Crippen LogP contribution in [0.3, 0.4) is 0 Å². The number of hydrogen-bond donors (Lipinski definition) is 1. The molecule has 168 valence electrons. The van der Waals surface area contributed by atoms with E-state index in [1.54, 1.807) is 4.90 Å². The van der Waals surface area contributed by atoms with Crippen molar-refractivity contribution in [3.8, 4) is 0 Å². The third kappa shape index (κ3) is 5.60. The standard InChI is InChI=1S/C24H26BrN3O3S/c1-15-5-8-19(12-16(15)2)27-24-28(14-20-4-3-11-31-20)23(30)21(32-24)13-22(29)26-18-9-6-17(25)7-10-18/h5-10,12,20-21H,3-4,11,13-14H2,1-2H3,(H,26,29)/t20-,21-/m0/s1. The van der Waals surface area contributed by atoms with Crippen LogP contribution < -0.4 is 5.32 Å². The number of carbonyl (C=O) groups excluding carboxylic acids is 2. The van der Waals surface area contributed by atoms with Gasteiger partial charge in [-0.05, 0) is 74.2 Å². The van der Waals surface area contributed by atoms with E-state index in [1.807, 2.05) is 49.4 Å². The van der Waals surface area contributed by atoms with Crippen LogP contribution in [-0.4, -0.2) is 46.4 Å². The molecule has 32 heavy (non-hydrogen) atoms. The van der Waals surface area contributed by atoms with Crippen molar-refractivity contribution in [2.75, 3.05) is 18.5 Å². The third-order valence-corrected chi connectivity index (χ3v) is 7.35. The number of thioether (sulfide) groups is 1. The maximum atomic E-state index is 13.2. The second kappa shape index (κ2) is 10.2. The number of hydrogen-bond acceptors (Lipinski definition) is 5. The van der Waals surface area contributed by atoms with Crippen molar-refractivity contribution in [2.24, 2.45) is 4.99 Å². The number of amidine groups is 1. The van der Waals surface area contributed by atoms with Crippen molar-refractivity contribution in [3.63, 3.8) is 0 Å². The Morgan fingerprint density at radius 3 is 2.69 bits per heavy atom. The second-order valence-electron chi connectivity index (χ2n) is 8.11. The minimum Gasteiger partial charge on any atom is -0.376 e. The Balaban J connectivity index is 1.51. The van der Waals surface area contributed by atoms with E-state index in [-0.39, 0.29) is 24.3 Å². The molecule has 0 aromatic heterocycles. The van der Waals surface area contributed by atoms with Gasteiger partial charge in [-0.2, -0.15) is 0 Å². The van der Waals surface area contributed by atoms with Gasteiger partial charge in [-0.15, -0.1) is 0 Å². The number of rotatable bonds is 6. The highest BCUT2D eigenvalue weighted by Crippen LogP contribution is 2.33. The molecule has 2 heterocycles. The minimum absolute atomic E-state index is 0.0137. The average Bonchev–Trinajstić information content (AvgIpc) is 3.37. The van der Waals surface area contributed by atoms with Crippen LogP contribution in [0.1, 0.15) is 30.4 Å². The van der Waals surface area contributed by atoms with Crippen molar-refractivity contribution in [2.45, 2.75) is 44.5 Å². The highest BCUT2D eigenvalue weighted by atomic mass is 79.9. The normalized spacial score (nSPS) is 22.0. The number of carbonyl (C=O) groups is 2. The number of halogens is 1. The van der Waals surface area contributed by atoms with E-state index in [1.165, 1.54) is 17.3 Å². The molecule has 2 aromatic carbocycles. The summed E-state index contributed by atoms with van der Waals surface area (Å²) in [6.07, 6.45) is 2.04. The molecule has 1 N–H and O–H groups in total. The summed E-state index contributed by atoms with van der Waals surface area (Å²) in [7, 11) is 0. The first-order valence-corrected chi connectivity index (χ1v) is 12.4. The number of amides is 2. The topological polar surface area (TPSA) is 71.0 Å². The summed E-state index contributed by atoms with van der Waals surface area (Å²) in [5, 5.41) is 3.01. The molecule has 0 spiro atoms. The van der Waals surface area contributed by atoms with Gasteiger partial charge in [0, 0.05) is 23.2 Å². The van der Waals surface area contributed by atoms with Crippen molar-refractivity contribution < 1.29 is 14.3 Å². The maximum absolute atomic E-state index is 13.2. The van der Waals surface area contributed by atoms with Gasteiger partial charge in [0.15, 0.2) is 5.17 Å². The zero-order chi connectivity index (χ0) is 22.7. The van der Waals surface area contributed by atoms with Crippen molar-refractivity contribution in [3.05, 3.63) is 58.1 Å². The third-order valence-electron chi connectivity index (χ3n) is 5.64. The Bertz CT molecular complexity index is 1040. The van der Waals surface area contributed by atoms with E-state index in [0.717, 1.165) is 35.2 Å². The fourth-order valence-electron chi connectivity index (χ4n) is 3.70. The Morgan fingerprint density at radius 2 is 2.00 bits per heavy atom. The van der Waals surface area contributed by atoms with Gasteiger partial charge < -0.3 is 10.1 Å². The molecule has 2 aliphatic rings. The summed E-state index contributed by atoms with van der Waals surface area (Å²) in [6.45, 7) is 5.30. The summed E-state index contributed by atoms with van der Waals surface area (Å²) in [4.78, 5) is 32.3. The second-order valence-corrected chi connectivity index (χ2v) is 10.2. The van der Waals surface area contributed by atoms with Gasteiger partial charge in [-0.1, -0.05) is 33.8 Å². The van der Waals surface area contributed by atoms with Gasteiger partial charge in [0.25, 0.3) is 0 Å². The monoisotopic (exact) mass is 515 g/mol. The lowest BCUT2D eigenvalue weighted by Gasteiger charge is -2.20. The number of benzene rings is 2. The molecule has 6 nitrogen and oxygen atoms in total. The first-order valence-electron chi connectivity index (χ1n) is 10.7. The predicted octanol–water partition coefficient (Wildman–Crippen LogP) is 5.21. The number of aryl methyl sites for hydroxylation is 2. The summed E-state index contributed by atoms with van der Waals surface area (Å²) < 4.78 is 6.70. The Hall–Kier alpha value is -2.16.